The Balaban J connectivity index is 1.74. The van der Waals surface area contributed by atoms with E-state index in [9.17, 15) is 9.90 Å². The van der Waals surface area contributed by atoms with Crippen LogP contribution in [0, 0.1) is 5.92 Å². The molecule has 2 aromatic carbocycles. The molecule has 1 atom stereocenters. The fourth-order valence-electron chi connectivity index (χ4n) is 2.73. The number of ether oxygens (including phenoxy) is 1. The van der Waals surface area contributed by atoms with Gasteiger partial charge in [-0.3, -0.25) is 4.79 Å². The van der Waals surface area contributed by atoms with Crippen molar-refractivity contribution in [3.8, 4) is 11.5 Å². The molecule has 1 unspecified atom stereocenters. The van der Waals surface area contributed by atoms with Gasteiger partial charge >= 0.3 is 0 Å². The van der Waals surface area contributed by atoms with E-state index in [4.69, 9.17) is 16.3 Å². The normalized spacial score (nSPS) is 12.4. The van der Waals surface area contributed by atoms with Crippen LogP contribution in [0.5, 0.6) is 11.5 Å². The number of phenolic OH excluding ortho intramolecular Hbond substituents is 1. The van der Waals surface area contributed by atoms with Crippen molar-refractivity contribution in [3.63, 3.8) is 0 Å². The molecule has 0 aliphatic carbocycles. The Bertz CT molecular complexity index is 844. The standard InChI is InChI=1S/C24H28ClNO3/c1-3-4-5-7-18(2)8-6-15-29-21-12-9-19(10-13-21)17-26-24(28)22-16-20(25)11-14-23(22)27/h3-5,7,9-14,16,18,27H,6,8,15,17H2,1-2H3,(H,26,28)/b4-3-,7-5-. The monoisotopic (exact) mass is 413 g/mol. The molecule has 2 rings (SSSR count). The van der Waals surface area contributed by atoms with Gasteiger partial charge in [-0.15, -0.1) is 0 Å². The van der Waals surface area contributed by atoms with Gasteiger partial charge in [-0.25, -0.2) is 0 Å². The van der Waals surface area contributed by atoms with Crippen molar-refractivity contribution in [1.82, 2.24) is 5.32 Å². The lowest BCUT2D eigenvalue weighted by molar-refractivity contribution is 0.0948. The third-order valence-corrected chi connectivity index (χ3v) is 4.63. The van der Waals surface area contributed by atoms with Gasteiger partial charge in [0.1, 0.15) is 11.5 Å². The summed E-state index contributed by atoms with van der Waals surface area (Å²) in [7, 11) is 0. The molecule has 0 saturated heterocycles. The van der Waals surface area contributed by atoms with Crippen LogP contribution in [0.2, 0.25) is 5.02 Å². The molecule has 4 nitrogen and oxygen atoms in total. The molecular weight excluding hydrogens is 386 g/mol. The topological polar surface area (TPSA) is 58.6 Å². The first-order valence-corrected chi connectivity index (χ1v) is 10.2. The minimum Gasteiger partial charge on any atom is -0.507 e. The summed E-state index contributed by atoms with van der Waals surface area (Å²) in [5.41, 5.74) is 1.10. The van der Waals surface area contributed by atoms with Crippen LogP contribution in [0.3, 0.4) is 0 Å². The largest absolute Gasteiger partial charge is 0.507 e. The summed E-state index contributed by atoms with van der Waals surface area (Å²) in [5, 5.41) is 13.0. The predicted octanol–water partition coefficient (Wildman–Crippen LogP) is 5.90. The summed E-state index contributed by atoms with van der Waals surface area (Å²) in [5.74, 6) is 0.870. The molecule has 0 aliphatic heterocycles. The number of hydrogen-bond donors (Lipinski definition) is 2. The van der Waals surface area contributed by atoms with Gasteiger partial charge in [0.2, 0.25) is 0 Å². The van der Waals surface area contributed by atoms with Crippen molar-refractivity contribution in [2.75, 3.05) is 6.61 Å². The molecule has 0 saturated carbocycles. The van der Waals surface area contributed by atoms with E-state index in [1.165, 1.54) is 18.2 Å². The number of phenols is 1. The van der Waals surface area contributed by atoms with Gasteiger partial charge in [0.25, 0.3) is 5.91 Å². The average Bonchev–Trinajstić information content (AvgIpc) is 2.72. The van der Waals surface area contributed by atoms with E-state index in [0.29, 0.717) is 24.1 Å². The summed E-state index contributed by atoms with van der Waals surface area (Å²) in [4.78, 5) is 12.2. The van der Waals surface area contributed by atoms with Gasteiger partial charge in [0.15, 0.2) is 0 Å². The van der Waals surface area contributed by atoms with Crippen LogP contribution in [-0.4, -0.2) is 17.6 Å². The SMILES string of the molecule is C/C=C\C=C/C(C)CCCOc1ccc(CNC(=O)c2cc(Cl)ccc2O)cc1. The molecular formula is C24H28ClNO3. The summed E-state index contributed by atoms with van der Waals surface area (Å²) in [6.45, 7) is 5.23. The van der Waals surface area contributed by atoms with Gasteiger partial charge in [-0.1, -0.05) is 55.0 Å². The molecule has 154 valence electrons. The van der Waals surface area contributed by atoms with Crippen molar-refractivity contribution >= 4 is 17.5 Å². The number of hydrogen-bond acceptors (Lipinski definition) is 3. The zero-order chi connectivity index (χ0) is 21.1. The molecule has 2 N–H and O–H groups in total. The van der Waals surface area contributed by atoms with Crippen LogP contribution in [0.25, 0.3) is 0 Å². The van der Waals surface area contributed by atoms with E-state index >= 15 is 0 Å². The zero-order valence-electron chi connectivity index (χ0n) is 16.9. The molecule has 0 heterocycles. The van der Waals surface area contributed by atoms with Crippen LogP contribution >= 0.6 is 11.6 Å². The van der Waals surface area contributed by atoms with Crippen molar-refractivity contribution in [3.05, 3.63) is 82.9 Å². The summed E-state index contributed by atoms with van der Waals surface area (Å²) < 4.78 is 5.79. The van der Waals surface area contributed by atoms with Gasteiger partial charge in [0.05, 0.1) is 12.2 Å². The summed E-state index contributed by atoms with van der Waals surface area (Å²) in [6, 6.07) is 12.0. The molecule has 1 amide bonds. The van der Waals surface area contributed by atoms with Crippen molar-refractivity contribution in [2.45, 2.75) is 33.2 Å². The summed E-state index contributed by atoms with van der Waals surface area (Å²) in [6.07, 6.45) is 10.4. The quantitative estimate of drug-likeness (QED) is 0.376. The van der Waals surface area contributed by atoms with E-state index in [2.05, 4.69) is 24.4 Å². The lowest BCUT2D eigenvalue weighted by atomic mass is 10.1. The van der Waals surface area contributed by atoms with E-state index in [1.807, 2.05) is 43.3 Å². The molecule has 0 aromatic heterocycles. The Kier molecular flexibility index (Phi) is 9.32. The molecule has 0 spiro atoms. The van der Waals surface area contributed by atoms with Crippen LogP contribution in [-0.2, 0) is 6.54 Å². The van der Waals surface area contributed by atoms with Crippen molar-refractivity contribution < 1.29 is 14.6 Å². The van der Waals surface area contributed by atoms with Gasteiger partial charge in [-0.05, 0) is 61.6 Å². The van der Waals surface area contributed by atoms with Crippen molar-refractivity contribution in [2.24, 2.45) is 5.92 Å². The Morgan fingerprint density at radius 1 is 1.21 bits per heavy atom. The highest BCUT2D eigenvalue weighted by molar-refractivity contribution is 6.31. The molecule has 0 bridgehead atoms. The number of benzene rings is 2. The minimum absolute atomic E-state index is 0.0951. The molecule has 0 radical (unpaired) electrons. The lowest BCUT2D eigenvalue weighted by Gasteiger charge is -2.10. The molecule has 2 aromatic rings. The minimum atomic E-state index is -0.372. The smallest absolute Gasteiger partial charge is 0.255 e. The van der Waals surface area contributed by atoms with Gasteiger partial charge < -0.3 is 15.2 Å². The molecule has 5 heteroatoms. The molecule has 29 heavy (non-hydrogen) atoms. The highest BCUT2D eigenvalue weighted by Gasteiger charge is 2.11. The maximum atomic E-state index is 12.2. The highest BCUT2D eigenvalue weighted by atomic mass is 35.5. The maximum Gasteiger partial charge on any atom is 0.255 e. The number of carbonyl (C=O) groups is 1. The average molecular weight is 414 g/mol. The van der Waals surface area contributed by atoms with Crippen LogP contribution in [0.15, 0.2) is 66.8 Å². The third kappa shape index (κ3) is 8.04. The Hall–Kier alpha value is -2.72. The number of nitrogens with one attached hydrogen (secondary N) is 1. The first-order valence-electron chi connectivity index (χ1n) is 9.77. The molecule has 0 aliphatic rings. The number of amides is 1. The number of halogens is 1. The second kappa shape index (κ2) is 12.0. The second-order valence-electron chi connectivity index (χ2n) is 6.87. The first kappa shape index (κ1) is 22.6. The number of carbonyl (C=O) groups excluding carboxylic acids is 1. The van der Waals surface area contributed by atoms with E-state index < -0.39 is 0 Å². The lowest BCUT2D eigenvalue weighted by Crippen LogP contribution is -2.22. The zero-order valence-corrected chi connectivity index (χ0v) is 17.7. The number of allylic oxidation sites excluding steroid dienone is 4. The van der Waals surface area contributed by atoms with Crippen LogP contribution in [0.4, 0.5) is 0 Å². The predicted molar refractivity (Wildman–Crippen MR) is 119 cm³/mol. The third-order valence-electron chi connectivity index (χ3n) is 4.40. The fourth-order valence-corrected chi connectivity index (χ4v) is 2.90. The Morgan fingerprint density at radius 3 is 2.69 bits per heavy atom. The first-order chi connectivity index (χ1) is 14.0. The maximum absolute atomic E-state index is 12.2. The van der Waals surface area contributed by atoms with E-state index in [-0.39, 0.29) is 17.2 Å². The van der Waals surface area contributed by atoms with Gasteiger partial charge in [0, 0.05) is 11.6 Å². The van der Waals surface area contributed by atoms with Crippen molar-refractivity contribution in [1.29, 1.82) is 0 Å². The Morgan fingerprint density at radius 2 is 1.97 bits per heavy atom. The second-order valence-corrected chi connectivity index (χ2v) is 7.30. The van der Waals surface area contributed by atoms with Gasteiger partial charge in [-0.2, -0.15) is 0 Å². The number of aromatic hydroxyl groups is 1. The molecule has 0 fully saturated rings. The Labute approximate surface area is 177 Å². The highest BCUT2D eigenvalue weighted by Crippen LogP contribution is 2.21. The van der Waals surface area contributed by atoms with E-state index in [1.54, 1.807) is 0 Å². The fraction of sp³-hybridized carbons (Fsp3) is 0.292. The number of rotatable bonds is 10. The van der Waals surface area contributed by atoms with Crippen LogP contribution < -0.4 is 10.1 Å². The summed E-state index contributed by atoms with van der Waals surface area (Å²) >= 11 is 5.88. The van der Waals surface area contributed by atoms with Crippen LogP contribution in [0.1, 0.15) is 42.6 Å². The van der Waals surface area contributed by atoms with E-state index in [0.717, 1.165) is 24.2 Å².